The smallest absolute Gasteiger partial charge is 0.277 e. The maximum atomic E-state index is 12.6. The van der Waals surface area contributed by atoms with E-state index in [1.807, 2.05) is 38.1 Å². The van der Waals surface area contributed by atoms with Crippen molar-refractivity contribution in [2.45, 2.75) is 13.8 Å². The zero-order valence-electron chi connectivity index (χ0n) is 12.0. The predicted molar refractivity (Wildman–Crippen MR) is 79.3 cm³/mol. The van der Waals surface area contributed by atoms with Crippen LogP contribution in [0.1, 0.15) is 23.0 Å². The summed E-state index contributed by atoms with van der Waals surface area (Å²) in [6.07, 6.45) is 0. The Balaban J connectivity index is 2.36. The molecular formula is C16H18N2O2. The number of carbonyl (C=O) groups excluding carboxylic acids is 1. The second kappa shape index (κ2) is 6.19. The molecule has 0 aliphatic rings. The maximum absolute atomic E-state index is 12.6. The molecule has 20 heavy (non-hydrogen) atoms. The van der Waals surface area contributed by atoms with E-state index < -0.39 is 0 Å². The molecule has 0 aliphatic heterocycles. The molecule has 0 radical (unpaired) electrons. The van der Waals surface area contributed by atoms with Crippen LogP contribution in [-0.2, 0) is 0 Å². The third-order valence-corrected chi connectivity index (χ3v) is 3.12. The van der Waals surface area contributed by atoms with Crippen LogP contribution in [0.15, 0.2) is 42.5 Å². The molecule has 0 saturated carbocycles. The lowest BCUT2D eigenvalue weighted by Crippen LogP contribution is -2.31. The van der Waals surface area contributed by atoms with Crippen LogP contribution in [-0.4, -0.2) is 24.5 Å². The number of hydrogen-bond donors (Lipinski definition) is 0. The molecule has 0 fully saturated rings. The highest BCUT2D eigenvalue weighted by molar-refractivity contribution is 6.05. The van der Waals surface area contributed by atoms with Gasteiger partial charge in [0.15, 0.2) is 0 Å². The summed E-state index contributed by atoms with van der Waals surface area (Å²) >= 11 is 0. The Hall–Kier alpha value is -2.36. The third-order valence-electron chi connectivity index (χ3n) is 3.12. The number of benzene rings is 1. The average molecular weight is 270 g/mol. The van der Waals surface area contributed by atoms with Crippen LogP contribution in [0.3, 0.4) is 0 Å². The number of nitrogens with zero attached hydrogens (tertiary/aromatic N) is 2. The van der Waals surface area contributed by atoms with Gasteiger partial charge in [0.05, 0.1) is 7.11 Å². The summed E-state index contributed by atoms with van der Waals surface area (Å²) in [4.78, 5) is 18.5. The van der Waals surface area contributed by atoms with Crippen LogP contribution in [0.25, 0.3) is 0 Å². The molecule has 0 atom stereocenters. The van der Waals surface area contributed by atoms with E-state index in [1.54, 1.807) is 23.1 Å². The van der Waals surface area contributed by atoms with Gasteiger partial charge in [0.2, 0.25) is 5.88 Å². The van der Waals surface area contributed by atoms with Gasteiger partial charge < -0.3 is 9.64 Å². The highest BCUT2D eigenvalue weighted by atomic mass is 16.5. The van der Waals surface area contributed by atoms with Crippen molar-refractivity contribution in [3.05, 3.63) is 53.7 Å². The first-order valence-electron chi connectivity index (χ1n) is 6.56. The molecule has 0 bridgehead atoms. The molecule has 0 unspecified atom stereocenters. The van der Waals surface area contributed by atoms with Crippen molar-refractivity contribution in [3.63, 3.8) is 0 Å². The van der Waals surface area contributed by atoms with Crippen LogP contribution in [0, 0.1) is 6.92 Å². The number of aromatic nitrogens is 1. The molecule has 1 aromatic carbocycles. The van der Waals surface area contributed by atoms with E-state index in [4.69, 9.17) is 4.74 Å². The van der Waals surface area contributed by atoms with Crippen molar-refractivity contribution in [3.8, 4) is 5.88 Å². The van der Waals surface area contributed by atoms with Gasteiger partial charge >= 0.3 is 0 Å². The van der Waals surface area contributed by atoms with E-state index in [0.29, 0.717) is 18.1 Å². The van der Waals surface area contributed by atoms with Crippen molar-refractivity contribution in [1.82, 2.24) is 4.98 Å². The number of para-hydroxylation sites is 1. The zero-order valence-corrected chi connectivity index (χ0v) is 12.0. The van der Waals surface area contributed by atoms with Crippen LogP contribution >= 0.6 is 0 Å². The second-order valence-electron chi connectivity index (χ2n) is 4.40. The molecule has 4 nitrogen and oxygen atoms in total. The maximum Gasteiger partial charge on any atom is 0.277 e. The van der Waals surface area contributed by atoms with Crippen LogP contribution in [0.4, 0.5) is 5.69 Å². The molecular weight excluding hydrogens is 252 g/mol. The Bertz CT molecular complexity index is 611. The monoisotopic (exact) mass is 270 g/mol. The molecule has 2 aromatic rings. The SMILES string of the molecule is CCN(C(=O)c1cccc(OC)n1)c1ccccc1C. The van der Waals surface area contributed by atoms with Crippen LogP contribution in [0.2, 0.25) is 0 Å². The number of ether oxygens (including phenoxy) is 1. The van der Waals surface area contributed by atoms with Gasteiger partial charge in [-0.25, -0.2) is 4.98 Å². The Morgan fingerprint density at radius 3 is 2.60 bits per heavy atom. The minimum Gasteiger partial charge on any atom is -0.481 e. The molecule has 0 spiro atoms. The average Bonchev–Trinajstić information content (AvgIpc) is 2.49. The Morgan fingerprint density at radius 1 is 1.20 bits per heavy atom. The van der Waals surface area contributed by atoms with Gasteiger partial charge in [-0.1, -0.05) is 24.3 Å². The summed E-state index contributed by atoms with van der Waals surface area (Å²) in [5.74, 6) is 0.317. The lowest BCUT2D eigenvalue weighted by molar-refractivity contribution is 0.0982. The number of rotatable bonds is 4. The summed E-state index contributed by atoms with van der Waals surface area (Å²) in [6, 6.07) is 13.0. The number of anilines is 1. The summed E-state index contributed by atoms with van der Waals surface area (Å²) in [5, 5.41) is 0. The zero-order chi connectivity index (χ0) is 14.5. The molecule has 104 valence electrons. The van der Waals surface area contributed by atoms with E-state index in [0.717, 1.165) is 11.3 Å². The van der Waals surface area contributed by atoms with Gasteiger partial charge in [-0.05, 0) is 31.5 Å². The third kappa shape index (κ3) is 2.79. The number of carbonyl (C=O) groups is 1. The molecule has 1 amide bonds. The molecule has 1 aromatic heterocycles. The minimum absolute atomic E-state index is 0.124. The highest BCUT2D eigenvalue weighted by Gasteiger charge is 2.19. The molecule has 0 aliphatic carbocycles. The fourth-order valence-corrected chi connectivity index (χ4v) is 2.08. The standard InChI is InChI=1S/C16H18N2O2/c1-4-18(14-10-6-5-8-12(14)2)16(19)13-9-7-11-15(17-13)20-3/h5-11H,4H2,1-3H3. The van der Waals surface area contributed by atoms with E-state index in [1.165, 1.54) is 7.11 Å². The van der Waals surface area contributed by atoms with Gasteiger partial charge in [-0.2, -0.15) is 0 Å². The van der Waals surface area contributed by atoms with Crippen molar-refractivity contribution >= 4 is 11.6 Å². The molecule has 0 N–H and O–H groups in total. The Kier molecular flexibility index (Phi) is 4.35. The van der Waals surface area contributed by atoms with E-state index in [2.05, 4.69) is 4.98 Å². The first-order chi connectivity index (χ1) is 9.67. The summed E-state index contributed by atoms with van der Waals surface area (Å²) in [6.45, 7) is 4.53. The van der Waals surface area contributed by atoms with E-state index >= 15 is 0 Å². The highest BCUT2D eigenvalue weighted by Crippen LogP contribution is 2.21. The number of hydrogen-bond acceptors (Lipinski definition) is 3. The largest absolute Gasteiger partial charge is 0.481 e. The molecule has 0 saturated heterocycles. The van der Waals surface area contributed by atoms with Crippen molar-refractivity contribution < 1.29 is 9.53 Å². The Labute approximate surface area is 119 Å². The van der Waals surface area contributed by atoms with Gasteiger partial charge in [-0.15, -0.1) is 0 Å². The summed E-state index contributed by atoms with van der Waals surface area (Å²) < 4.78 is 5.07. The minimum atomic E-state index is -0.124. The van der Waals surface area contributed by atoms with Crippen molar-refractivity contribution in [2.24, 2.45) is 0 Å². The van der Waals surface area contributed by atoms with Crippen molar-refractivity contribution in [2.75, 3.05) is 18.6 Å². The topological polar surface area (TPSA) is 42.4 Å². The second-order valence-corrected chi connectivity index (χ2v) is 4.40. The first-order valence-corrected chi connectivity index (χ1v) is 6.56. The van der Waals surface area contributed by atoms with Crippen LogP contribution < -0.4 is 9.64 Å². The number of aryl methyl sites for hydroxylation is 1. The van der Waals surface area contributed by atoms with Crippen LogP contribution in [0.5, 0.6) is 5.88 Å². The predicted octanol–water partition coefficient (Wildman–Crippen LogP) is 3.07. The number of methoxy groups -OCH3 is 1. The number of amides is 1. The Morgan fingerprint density at radius 2 is 1.95 bits per heavy atom. The quantitative estimate of drug-likeness (QED) is 0.857. The fraction of sp³-hybridized carbons (Fsp3) is 0.250. The summed E-state index contributed by atoms with van der Waals surface area (Å²) in [7, 11) is 1.54. The molecule has 1 heterocycles. The molecule has 2 rings (SSSR count). The lowest BCUT2D eigenvalue weighted by Gasteiger charge is -2.22. The summed E-state index contributed by atoms with van der Waals surface area (Å²) in [5.41, 5.74) is 2.35. The van der Waals surface area contributed by atoms with Gasteiger partial charge in [0, 0.05) is 18.3 Å². The first kappa shape index (κ1) is 14.1. The fourth-order valence-electron chi connectivity index (χ4n) is 2.08. The van der Waals surface area contributed by atoms with E-state index in [-0.39, 0.29) is 5.91 Å². The van der Waals surface area contributed by atoms with E-state index in [9.17, 15) is 4.79 Å². The number of pyridine rings is 1. The van der Waals surface area contributed by atoms with Gasteiger partial charge in [-0.3, -0.25) is 4.79 Å². The van der Waals surface area contributed by atoms with Crippen molar-refractivity contribution in [1.29, 1.82) is 0 Å². The normalized spacial score (nSPS) is 10.2. The lowest BCUT2D eigenvalue weighted by atomic mass is 10.1. The van der Waals surface area contributed by atoms with Gasteiger partial charge in [0.25, 0.3) is 5.91 Å². The molecule has 4 heteroatoms. The van der Waals surface area contributed by atoms with Gasteiger partial charge in [0.1, 0.15) is 5.69 Å².